The molecule has 2 aromatic rings. The minimum Gasteiger partial charge on any atom is -0.494 e. The van der Waals surface area contributed by atoms with Crippen LogP contribution in [-0.4, -0.2) is 36.1 Å². The second kappa shape index (κ2) is 9.08. The maximum Gasteiger partial charge on any atom is 0.319 e. The highest BCUT2D eigenvalue weighted by Crippen LogP contribution is 2.17. The molecule has 1 aromatic carbocycles. The predicted octanol–water partition coefficient (Wildman–Crippen LogP) is 2.87. The van der Waals surface area contributed by atoms with Crippen LogP contribution in [0.5, 0.6) is 5.75 Å². The van der Waals surface area contributed by atoms with Crippen LogP contribution in [0.15, 0.2) is 24.3 Å². The fourth-order valence-electron chi connectivity index (χ4n) is 2.56. The summed E-state index contributed by atoms with van der Waals surface area (Å²) in [6, 6.07) is 7.05. The molecule has 0 aliphatic heterocycles. The lowest BCUT2D eigenvalue weighted by Gasteiger charge is -2.10. The van der Waals surface area contributed by atoms with Gasteiger partial charge < -0.3 is 20.1 Å². The van der Waals surface area contributed by atoms with Crippen molar-refractivity contribution < 1.29 is 14.3 Å². The van der Waals surface area contributed by atoms with Crippen LogP contribution in [0.1, 0.15) is 23.9 Å². The predicted molar refractivity (Wildman–Crippen MR) is 97.0 cm³/mol. The van der Waals surface area contributed by atoms with Gasteiger partial charge in [-0.25, -0.2) is 4.79 Å². The smallest absolute Gasteiger partial charge is 0.319 e. The third kappa shape index (κ3) is 5.22. The molecule has 0 fully saturated rings. The number of aromatic nitrogens is 2. The maximum absolute atomic E-state index is 12.1. The quantitative estimate of drug-likeness (QED) is 0.770. The van der Waals surface area contributed by atoms with Crippen LogP contribution in [-0.2, 0) is 17.8 Å². The van der Waals surface area contributed by atoms with E-state index in [0.29, 0.717) is 32.0 Å². The van der Waals surface area contributed by atoms with Crippen LogP contribution in [0.3, 0.4) is 0 Å². The molecule has 0 saturated carbocycles. The number of ether oxygens (including phenoxy) is 2. The molecule has 0 aliphatic carbocycles. The van der Waals surface area contributed by atoms with Gasteiger partial charge in [-0.3, -0.25) is 4.68 Å². The van der Waals surface area contributed by atoms with Gasteiger partial charge in [0.15, 0.2) is 0 Å². The van der Waals surface area contributed by atoms with Crippen molar-refractivity contribution in [1.82, 2.24) is 15.1 Å². The number of aryl methyl sites for hydroxylation is 1. The van der Waals surface area contributed by atoms with Gasteiger partial charge in [0.05, 0.1) is 25.5 Å². The van der Waals surface area contributed by atoms with E-state index in [1.165, 1.54) is 0 Å². The Labute approximate surface area is 148 Å². The third-order valence-electron chi connectivity index (χ3n) is 3.87. The number of nitrogens with zero attached hydrogens (tertiary/aromatic N) is 2. The van der Waals surface area contributed by atoms with E-state index in [4.69, 9.17) is 9.47 Å². The molecular formula is C18H26N4O3. The standard InChI is InChI=1S/C18H26N4O3/c1-5-25-16-8-6-7-15(11-16)20-18(23)19-12-17-13(2)21-22(14(17)3)9-10-24-4/h6-8,11H,5,9-10,12H2,1-4H3,(H2,19,20,23). The van der Waals surface area contributed by atoms with Gasteiger partial charge in [-0.1, -0.05) is 6.07 Å². The number of urea groups is 1. The van der Waals surface area contributed by atoms with Crippen molar-refractivity contribution in [2.45, 2.75) is 33.9 Å². The van der Waals surface area contributed by atoms with Gasteiger partial charge in [-0.2, -0.15) is 5.10 Å². The van der Waals surface area contributed by atoms with Crippen molar-refractivity contribution in [3.8, 4) is 5.75 Å². The number of carbonyl (C=O) groups is 1. The highest BCUT2D eigenvalue weighted by Gasteiger charge is 2.12. The van der Waals surface area contributed by atoms with Crippen LogP contribution in [0.2, 0.25) is 0 Å². The lowest BCUT2D eigenvalue weighted by Crippen LogP contribution is -2.28. The summed E-state index contributed by atoms with van der Waals surface area (Å²) in [7, 11) is 1.67. The second-order valence-electron chi connectivity index (χ2n) is 5.63. The molecule has 2 rings (SSSR count). The van der Waals surface area contributed by atoms with E-state index < -0.39 is 0 Å². The third-order valence-corrected chi connectivity index (χ3v) is 3.87. The Bertz CT molecular complexity index is 712. The minimum absolute atomic E-state index is 0.267. The largest absolute Gasteiger partial charge is 0.494 e. The van der Waals surface area contributed by atoms with Gasteiger partial charge in [0.25, 0.3) is 0 Å². The zero-order chi connectivity index (χ0) is 18.2. The lowest BCUT2D eigenvalue weighted by molar-refractivity contribution is 0.182. The van der Waals surface area contributed by atoms with Gasteiger partial charge in [-0.05, 0) is 32.9 Å². The Balaban J connectivity index is 1.94. The van der Waals surface area contributed by atoms with E-state index in [1.54, 1.807) is 13.2 Å². The van der Waals surface area contributed by atoms with Crippen LogP contribution in [0.25, 0.3) is 0 Å². The molecule has 0 aliphatic rings. The van der Waals surface area contributed by atoms with Crippen molar-refractivity contribution in [2.75, 3.05) is 25.6 Å². The minimum atomic E-state index is -0.267. The number of amides is 2. The van der Waals surface area contributed by atoms with Gasteiger partial charge in [0, 0.05) is 36.7 Å². The van der Waals surface area contributed by atoms with Gasteiger partial charge >= 0.3 is 6.03 Å². The van der Waals surface area contributed by atoms with Gasteiger partial charge in [0.2, 0.25) is 0 Å². The topological polar surface area (TPSA) is 77.4 Å². The summed E-state index contributed by atoms with van der Waals surface area (Å²) in [4.78, 5) is 12.1. The Morgan fingerprint density at radius 1 is 1.32 bits per heavy atom. The van der Waals surface area contributed by atoms with E-state index >= 15 is 0 Å². The van der Waals surface area contributed by atoms with Crippen molar-refractivity contribution >= 4 is 11.7 Å². The molecule has 0 unspecified atom stereocenters. The first kappa shape index (κ1) is 18.8. The first-order chi connectivity index (χ1) is 12.0. The second-order valence-corrected chi connectivity index (χ2v) is 5.63. The maximum atomic E-state index is 12.1. The molecule has 1 heterocycles. The van der Waals surface area contributed by atoms with Gasteiger partial charge in [-0.15, -0.1) is 0 Å². The Morgan fingerprint density at radius 3 is 2.84 bits per heavy atom. The number of methoxy groups -OCH3 is 1. The Kier molecular flexibility index (Phi) is 6.82. The first-order valence-corrected chi connectivity index (χ1v) is 8.34. The number of rotatable bonds is 8. The summed E-state index contributed by atoms with van der Waals surface area (Å²) in [5.74, 6) is 0.728. The number of carbonyl (C=O) groups excluding carboxylic acids is 1. The van der Waals surface area contributed by atoms with Crippen LogP contribution < -0.4 is 15.4 Å². The zero-order valence-electron chi connectivity index (χ0n) is 15.3. The van der Waals surface area contributed by atoms with Crippen LogP contribution in [0.4, 0.5) is 10.5 Å². The molecule has 136 valence electrons. The average Bonchev–Trinajstić information content (AvgIpc) is 2.85. The average molecular weight is 346 g/mol. The molecule has 0 spiro atoms. The number of hydrogen-bond acceptors (Lipinski definition) is 4. The number of benzene rings is 1. The normalized spacial score (nSPS) is 10.6. The highest BCUT2D eigenvalue weighted by atomic mass is 16.5. The van der Waals surface area contributed by atoms with E-state index in [2.05, 4.69) is 15.7 Å². The summed E-state index contributed by atoms with van der Waals surface area (Å²) in [6.07, 6.45) is 0. The molecule has 2 N–H and O–H groups in total. The Morgan fingerprint density at radius 2 is 2.12 bits per heavy atom. The zero-order valence-corrected chi connectivity index (χ0v) is 15.3. The summed E-state index contributed by atoms with van der Waals surface area (Å²) >= 11 is 0. The molecule has 2 amide bonds. The van der Waals surface area contributed by atoms with E-state index in [1.807, 2.05) is 43.7 Å². The molecule has 0 radical (unpaired) electrons. The lowest BCUT2D eigenvalue weighted by atomic mass is 10.2. The van der Waals surface area contributed by atoms with Crippen LogP contribution >= 0.6 is 0 Å². The number of nitrogens with one attached hydrogen (secondary N) is 2. The van der Waals surface area contributed by atoms with Crippen LogP contribution in [0, 0.1) is 13.8 Å². The SMILES string of the molecule is CCOc1cccc(NC(=O)NCc2c(C)nn(CCOC)c2C)c1. The van der Waals surface area contributed by atoms with Crippen molar-refractivity contribution in [2.24, 2.45) is 0 Å². The summed E-state index contributed by atoms with van der Waals surface area (Å²) in [6.45, 7) is 8.16. The molecular weight excluding hydrogens is 320 g/mol. The monoisotopic (exact) mass is 346 g/mol. The fraction of sp³-hybridized carbons (Fsp3) is 0.444. The number of hydrogen-bond donors (Lipinski definition) is 2. The van der Waals surface area contributed by atoms with Crippen molar-refractivity contribution in [3.05, 3.63) is 41.2 Å². The Hall–Kier alpha value is -2.54. The van der Waals surface area contributed by atoms with E-state index in [9.17, 15) is 4.79 Å². The molecule has 1 aromatic heterocycles. The number of anilines is 1. The molecule has 0 atom stereocenters. The summed E-state index contributed by atoms with van der Waals surface area (Å²) < 4.78 is 12.4. The van der Waals surface area contributed by atoms with E-state index in [-0.39, 0.29) is 6.03 Å². The molecule has 25 heavy (non-hydrogen) atoms. The highest BCUT2D eigenvalue weighted by molar-refractivity contribution is 5.89. The summed E-state index contributed by atoms with van der Waals surface area (Å²) in [5, 5.41) is 10.2. The van der Waals surface area contributed by atoms with Crippen molar-refractivity contribution in [3.63, 3.8) is 0 Å². The molecule has 7 heteroatoms. The van der Waals surface area contributed by atoms with E-state index in [0.717, 1.165) is 22.7 Å². The molecule has 7 nitrogen and oxygen atoms in total. The van der Waals surface area contributed by atoms with Gasteiger partial charge in [0.1, 0.15) is 5.75 Å². The molecule has 0 saturated heterocycles. The summed E-state index contributed by atoms with van der Waals surface area (Å²) in [5.41, 5.74) is 3.66. The fourth-order valence-corrected chi connectivity index (χ4v) is 2.56. The molecule has 0 bridgehead atoms. The van der Waals surface area contributed by atoms with Crippen molar-refractivity contribution in [1.29, 1.82) is 0 Å². The first-order valence-electron chi connectivity index (χ1n) is 8.34.